The van der Waals surface area contributed by atoms with Crippen molar-refractivity contribution in [3.8, 4) is 0 Å². The second-order valence-electron chi connectivity index (χ2n) is 3.04. The Hall–Kier alpha value is -1.32. The topological polar surface area (TPSA) is 55.0 Å². The first-order chi connectivity index (χ1) is 6.18. The van der Waals surface area contributed by atoms with Gasteiger partial charge < -0.3 is 4.74 Å². The molecule has 1 atom stereocenters. The molecule has 0 aromatic carbocycles. The van der Waals surface area contributed by atoms with E-state index in [9.17, 15) is 4.79 Å². The van der Waals surface area contributed by atoms with Gasteiger partial charge in [-0.2, -0.15) is 5.10 Å². The van der Waals surface area contributed by atoms with Crippen LogP contribution in [0.3, 0.4) is 0 Å². The lowest BCUT2D eigenvalue weighted by atomic mass is 10.2. The van der Waals surface area contributed by atoms with E-state index in [2.05, 4.69) is 10.2 Å². The van der Waals surface area contributed by atoms with E-state index in [0.29, 0.717) is 0 Å². The average molecular weight is 182 g/mol. The first-order valence-corrected chi connectivity index (χ1v) is 4.34. The van der Waals surface area contributed by atoms with Crippen molar-refractivity contribution in [3.05, 3.63) is 18.0 Å². The molecular weight excluding hydrogens is 168 g/mol. The number of nitrogens with zero attached hydrogens (tertiary/aromatic N) is 1. The van der Waals surface area contributed by atoms with Gasteiger partial charge in [0.05, 0.1) is 6.10 Å². The molecule has 0 radical (unpaired) electrons. The molecule has 4 heteroatoms. The number of nitrogens with one attached hydrogen (secondary N) is 1. The van der Waals surface area contributed by atoms with Crippen molar-refractivity contribution >= 4 is 5.97 Å². The fourth-order valence-corrected chi connectivity index (χ4v) is 1.12. The molecule has 0 spiro atoms. The van der Waals surface area contributed by atoms with Crippen LogP contribution in [0.2, 0.25) is 0 Å². The van der Waals surface area contributed by atoms with Crippen LogP contribution in [-0.4, -0.2) is 22.3 Å². The smallest absolute Gasteiger partial charge is 0.302 e. The standard InChI is InChI=1S/C9H14N2O2/c1-7(13-8(2)12)3-4-9-5-6-10-11-9/h5-7H,3-4H2,1-2H3,(H,10,11). The summed E-state index contributed by atoms with van der Waals surface area (Å²) in [6.45, 7) is 3.31. The lowest BCUT2D eigenvalue weighted by Gasteiger charge is -2.10. The number of aryl methyl sites for hydroxylation is 1. The van der Waals surface area contributed by atoms with Crippen molar-refractivity contribution in [1.82, 2.24) is 10.2 Å². The van der Waals surface area contributed by atoms with Crippen LogP contribution in [0.25, 0.3) is 0 Å². The van der Waals surface area contributed by atoms with E-state index in [0.717, 1.165) is 18.5 Å². The molecule has 1 rings (SSSR count). The van der Waals surface area contributed by atoms with E-state index in [4.69, 9.17) is 4.74 Å². The summed E-state index contributed by atoms with van der Waals surface area (Å²) in [6, 6.07) is 1.92. The molecule has 1 aromatic rings. The zero-order chi connectivity index (χ0) is 9.68. The van der Waals surface area contributed by atoms with Crippen LogP contribution in [0, 0.1) is 0 Å². The summed E-state index contributed by atoms with van der Waals surface area (Å²) in [7, 11) is 0. The minimum absolute atomic E-state index is 0.0270. The molecule has 0 aliphatic rings. The van der Waals surface area contributed by atoms with Gasteiger partial charge >= 0.3 is 5.97 Å². The SMILES string of the molecule is CC(=O)OC(C)CCc1ccn[nH]1. The van der Waals surface area contributed by atoms with Crippen molar-refractivity contribution in [3.63, 3.8) is 0 Å². The van der Waals surface area contributed by atoms with E-state index in [1.165, 1.54) is 6.92 Å². The first kappa shape index (κ1) is 9.77. The maximum Gasteiger partial charge on any atom is 0.302 e. The van der Waals surface area contributed by atoms with Crippen molar-refractivity contribution in [1.29, 1.82) is 0 Å². The van der Waals surface area contributed by atoms with Gasteiger partial charge in [0.25, 0.3) is 0 Å². The van der Waals surface area contributed by atoms with Crippen molar-refractivity contribution in [2.45, 2.75) is 32.8 Å². The van der Waals surface area contributed by atoms with Crippen LogP contribution in [0.15, 0.2) is 12.3 Å². The summed E-state index contributed by atoms with van der Waals surface area (Å²) < 4.78 is 4.98. The molecule has 0 aliphatic heterocycles. The zero-order valence-electron chi connectivity index (χ0n) is 7.91. The maximum absolute atomic E-state index is 10.6. The molecule has 1 aromatic heterocycles. The Morgan fingerprint density at radius 3 is 3.08 bits per heavy atom. The summed E-state index contributed by atoms with van der Waals surface area (Å²) in [4.78, 5) is 10.6. The molecule has 0 aliphatic carbocycles. The highest BCUT2D eigenvalue weighted by atomic mass is 16.5. The fraction of sp³-hybridized carbons (Fsp3) is 0.556. The molecule has 1 unspecified atom stereocenters. The van der Waals surface area contributed by atoms with Crippen molar-refractivity contribution in [2.24, 2.45) is 0 Å². The van der Waals surface area contributed by atoms with Gasteiger partial charge in [-0.3, -0.25) is 9.89 Å². The second-order valence-corrected chi connectivity index (χ2v) is 3.04. The highest BCUT2D eigenvalue weighted by molar-refractivity contribution is 5.66. The number of carbonyl (C=O) groups is 1. The third kappa shape index (κ3) is 3.73. The lowest BCUT2D eigenvalue weighted by molar-refractivity contribution is -0.145. The highest BCUT2D eigenvalue weighted by Gasteiger charge is 2.05. The Kier molecular flexibility index (Phi) is 3.49. The molecule has 1 N–H and O–H groups in total. The lowest BCUT2D eigenvalue weighted by Crippen LogP contribution is -2.12. The van der Waals surface area contributed by atoms with E-state index in [1.807, 2.05) is 13.0 Å². The number of aromatic amines is 1. The van der Waals surface area contributed by atoms with Gasteiger partial charge in [0, 0.05) is 18.8 Å². The van der Waals surface area contributed by atoms with Crippen molar-refractivity contribution in [2.75, 3.05) is 0 Å². The summed E-state index contributed by atoms with van der Waals surface area (Å²) in [5.74, 6) is -0.225. The summed E-state index contributed by atoms with van der Waals surface area (Å²) in [5.41, 5.74) is 1.07. The van der Waals surface area contributed by atoms with Crippen LogP contribution in [-0.2, 0) is 16.0 Å². The number of ether oxygens (including phenoxy) is 1. The molecule has 0 saturated carbocycles. The third-order valence-corrected chi connectivity index (χ3v) is 1.75. The number of rotatable bonds is 4. The monoisotopic (exact) mass is 182 g/mol. The predicted octanol–water partition coefficient (Wildman–Crippen LogP) is 1.29. The minimum atomic E-state index is -0.225. The molecule has 4 nitrogen and oxygen atoms in total. The zero-order valence-corrected chi connectivity index (χ0v) is 7.91. The predicted molar refractivity (Wildman–Crippen MR) is 48.1 cm³/mol. The van der Waals surface area contributed by atoms with Crippen LogP contribution in [0.5, 0.6) is 0 Å². The number of aromatic nitrogens is 2. The normalized spacial score (nSPS) is 12.5. The van der Waals surface area contributed by atoms with Crippen LogP contribution >= 0.6 is 0 Å². The summed E-state index contributed by atoms with van der Waals surface area (Å²) in [6.07, 6.45) is 3.36. The Bertz CT molecular complexity index is 257. The number of esters is 1. The van der Waals surface area contributed by atoms with Gasteiger partial charge in [0.1, 0.15) is 0 Å². The van der Waals surface area contributed by atoms with Crippen molar-refractivity contribution < 1.29 is 9.53 Å². The molecule has 0 fully saturated rings. The van der Waals surface area contributed by atoms with E-state index >= 15 is 0 Å². The molecule has 72 valence electrons. The van der Waals surface area contributed by atoms with Crippen LogP contribution in [0.1, 0.15) is 26.0 Å². The second kappa shape index (κ2) is 4.64. The number of H-pyrrole nitrogens is 1. The molecule has 13 heavy (non-hydrogen) atoms. The van der Waals surface area contributed by atoms with Gasteiger partial charge in [0.15, 0.2) is 0 Å². The number of carbonyl (C=O) groups excluding carboxylic acids is 1. The number of hydrogen-bond donors (Lipinski definition) is 1. The average Bonchev–Trinajstić information content (AvgIpc) is 2.51. The molecule has 0 bridgehead atoms. The molecule has 1 heterocycles. The van der Waals surface area contributed by atoms with Crippen LogP contribution in [0.4, 0.5) is 0 Å². The van der Waals surface area contributed by atoms with E-state index in [-0.39, 0.29) is 12.1 Å². The Morgan fingerprint density at radius 2 is 2.54 bits per heavy atom. The molecule has 0 amide bonds. The third-order valence-electron chi connectivity index (χ3n) is 1.75. The van der Waals surface area contributed by atoms with Gasteiger partial charge in [-0.25, -0.2) is 0 Å². The fourth-order valence-electron chi connectivity index (χ4n) is 1.12. The van der Waals surface area contributed by atoms with E-state index in [1.54, 1.807) is 6.20 Å². The van der Waals surface area contributed by atoms with Gasteiger partial charge in [0.2, 0.25) is 0 Å². The van der Waals surface area contributed by atoms with Gasteiger partial charge in [-0.05, 0) is 25.8 Å². The van der Waals surface area contributed by atoms with Gasteiger partial charge in [-0.1, -0.05) is 0 Å². The van der Waals surface area contributed by atoms with Gasteiger partial charge in [-0.15, -0.1) is 0 Å². The largest absolute Gasteiger partial charge is 0.463 e. The first-order valence-electron chi connectivity index (χ1n) is 4.34. The van der Waals surface area contributed by atoms with E-state index < -0.39 is 0 Å². The highest BCUT2D eigenvalue weighted by Crippen LogP contribution is 2.04. The quantitative estimate of drug-likeness (QED) is 0.714. The minimum Gasteiger partial charge on any atom is -0.463 e. The Labute approximate surface area is 77.3 Å². The molecular formula is C9H14N2O2. The summed E-state index contributed by atoms with van der Waals surface area (Å²) in [5, 5.41) is 6.68. The number of hydrogen-bond acceptors (Lipinski definition) is 3. The maximum atomic E-state index is 10.6. The molecule has 0 saturated heterocycles. The Morgan fingerprint density at radius 1 is 1.77 bits per heavy atom. The summed E-state index contributed by atoms with van der Waals surface area (Å²) >= 11 is 0. The Balaban J connectivity index is 2.22. The van der Waals surface area contributed by atoms with Crippen LogP contribution < -0.4 is 0 Å².